The summed E-state index contributed by atoms with van der Waals surface area (Å²) in [7, 11) is 1.21. The van der Waals surface area contributed by atoms with Gasteiger partial charge in [0.05, 0.1) is 7.11 Å². The van der Waals surface area contributed by atoms with Gasteiger partial charge in [0.25, 0.3) is 0 Å². The van der Waals surface area contributed by atoms with Crippen molar-refractivity contribution in [3.05, 3.63) is 92.9 Å². The predicted octanol–water partition coefficient (Wildman–Crippen LogP) is 1.04. The third-order valence-electron chi connectivity index (χ3n) is 7.27. The van der Waals surface area contributed by atoms with E-state index >= 15 is 4.39 Å². The molecule has 0 saturated carbocycles. The molecule has 1 amide bonds. The number of hydrogen-bond acceptors (Lipinski definition) is 8. The molecule has 13 heteroatoms. The van der Waals surface area contributed by atoms with E-state index < -0.39 is 54.5 Å². The Morgan fingerprint density at radius 3 is 2.78 bits per heavy atom. The number of nitrogens with zero attached hydrogens (tertiary/aromatic N) is 3. The number of ether oxygens (including phenoxy) is 4. The summed E-state index contributed by atoms with van der Waals surface area (Å²) in [5, 5.41) is 2.22. The first kappa shape index (κ1) is 27.4. The number of carbonyl (C=O) groups excluding carboxylic acids is 2. The maximum atomic E-state index is 15.3. The van der Waals surface area contributed by atoms with Crippen molar-refractivity contribution in [3.63, 3.8) is 0 Å². The van der Waals surface area contributed by atoms with Gasteiger partial charge in [-0.25, -0.2) is 4.79 Å². The molecule has 0 unspecified atom stereocenters. The van der Waals surface area contributed by atoms with Crippen LogP contribution in [0.15, 0.2) is 53.5 Å². The van der Waals surface area contributed by atoms with Crippen molar-refractivity contribution in [3.8, 4) is 5.75 Å². The molecule has 10 nitrogen and oxygen atoms in total. The zero-order valence-electron chi connectivity index (χ0n) is 21.9. The molecule has 0 bridgehead atoms. The van der Waals surface area contributed by atoms with Crippen LogP contribution in [0.2, 0.25) is 0 Å². The second-order valence-corrected chi connectivity index (χ2v) is 11.6. The number of esters is 1. The quantitative estimate of drug-likeness (QED) is 0.172. The molecule has 1 saturated heterocycles. The zero-order valence-corrected chi connectivity index (χ0v) is 23.6. The van der Waals surface area contributed by atoms with E-state index in [1.807, 2.05) is 29.3 Å². The van der Waals surface area contributed by atoms with E-state index in [2.05, 4.69) is 4.74 Å². The van der Waals surface area contributed by atoms with Gasteiger partial charge in [0.1, 0.15) is 0 Å². The van der Waals surface area contributed by atoms with Gasteiger partial charge in [0, 0.05) is 0 Å². The van der Waals surface area contributed by atoms with Crippen LogP contribution in [0.5, 0.6) is 5.75 Å². The van der Waals surface area contributed by atoms with Crippen LogP contribution < -0.4 is 19.6 Å². The first-order valence-electron chi connectivity index (χ1n) is 12.8. The van der Waals surface area contributed by atoms with Crippen LogP contribution in [0.1, 0.15) is 33.2 Å². The van der Waals surface area contributed by atoms with Crippen molar-refractivity contribution >= 4 is 31.3 Å². The normalized spacial score (nSPS) is 19.4. The van der Waals surface area contributed by atoms with E-state index in [-0.39, 0.29) is 51.7 Å². The molecule has 2 aromatic carbocycles. The Morgan fingerprint density at radius 2 is 1.95 bits per heavy atom. The Labute approximate surface area is 239 Å². The van der Waals surface area contributed by atoms with Crippen molar-refractivity contribution in [1.82, 2.24) is 9.58 Å². The summed E-state index contributed by atoms with van der Waals surface area (Å²) in [5.74, 6) is -3.15. The van der Waals surface area contributed by atoms with Crippen molar-refractivity contribution < 1.29 is 37.3 Å². The molecule has 3 aliphatic rings. The van der Waals surface area contributed by atoms with Crippen LogP contribution in [0.4, 0.5) is 8.78 Å². The molecule has 0 radical (unpaired) electrons. The van der Waals surface area contributed by atoms with E-state index in [0.717, 1.165) is 16.1 Å². The number of morpholine rings is 1. The monoisotopic (exact) mass is 633 g/mol. The minimum atomic E-state index is -0.924. The Bertz CT molecular complexity index is 1580. The number of rotatable bonds is 6. The Kier molecular flexibility index (Phi) is 7.52. The fourth-order valence-electron chi connectivity index (χ4n) is 5.39. The Morgan fingerprint density at radius 1 is 1.12 bits per heavy atom. The van der Waals surface area contributed by atoms with E-state index in [1.165, 1.54) is 19.4 Å². The van der Waals surface area contributed by atoms with Gasteiger partial charge in [-0.3, -0.25) is 0 Å². The third kappa shape index (κ3) is 4.78. The molecular formula is C28H25F2N3O7Se. The SMILES string of the molecule is COC(=O)COCOc1c2n(ccc1=O)N([C@@H]1c3ccccc3[Se]Cc3c1ccc(F)c3F)[C@@H]1COCCN1C2=O. The topological polar surface area (TPSA) is 99.5 Å². The van der Waals surface area contributed by atoms with Gasteiger partial charge in [-0.15, -0.1) is 0 Å². The number of aromatic nitrogens is 1. The number of hydrogen-bond donors (Lipinski definition) is 0. The number of methoxy groups -OCH3 is 1. The van der Waals surface area contributed by atoms with Gasteiger partial charge in [0.15, 0.2) is 0 Å². The molecule has 3 aromatic rings. The van der Waals surface area contributed by atoms with E-state index in [9.17, 15) is 18.8 Å². The Hall–Kier alpha value is -3.77. The third-order valence-corrected chi connectivity index (χ3v) is 9.61. The molecule has 1 fully saturated rings. The molecule has 41 heavy (non-hydrogen) atoms. The first-order valence-corrected chi connectivity index (χ1v) is 14.9. The molecule has 0 aliphatic carbocycles. The summed E-state index contributed by atoms with van der Waals surface area (Å²) in [6.07, 6.45) is 0.848. The average molecular weight is 632 g/mol. The van der Waals surface area contributed by atoms with Crippen molar-refractivity contribution in [2.75, 3.05) is 45.3 Å². The van der Waals surface area contributed by atoms with Gasteiger partial charge in [-0.1, -0.05) is 0 Å². The standard InChI is InChI=1S/C28H25F2N3O7Se/c1-37-23(35)13-39-15-40-27-20(34)8-9-32-26(27)28(36)31-10-11-38-12-22(31)33(32)25-16-6-7-19(29)24(30)18(16)14-41-21-5-3-2-4-17(21)25/h2-9,22,25H,10-15H2,1H3/t22-,25+/m1/s1. The summed E-state index contributed by atoms with van der Waals surface area (Å²) in [6, 6.07) is 11.0. The second-order valence-electron chi connectivity index (χ2n) is 9.48. The van der Waals surface area contributed by atoms with Gasteiger partial charge < -0.3 is 4.74 Å². The van der Waals surface area contributed by atoms with Gasteiger partial charge >= 0.3 is 223 Å². The molecule has 214 valence electrons. The maximum absolute atomic E-state index is 15.3. The zero-order chi connectivity index (χ0) is 28.7. The molecule has 4 heterocycles. The number of carbonyl (C=O) groups is 2. The van der Waals surface area contributed by atoms with E-state index in [4.69, 9.17) is 14.2 Å². The number of benzene rings is 2. The number of fused-ring (bicyclic) bond motifs is 4. The van der Waals surface area contributed by atoms with Gasteiger partial charge in [-0.05, 0) is 0 Å². The van der Waals surface area contributed by atoms with Crippen molar-refractivity contribution in [2.24, 2.45) is 0 Å². The second kappa shape index (κ2) is 11.2. The first-order chi connectivity index (χ1) is 19.9. The van der Waals surface area contributed by atoms with Crippen LogP contribution in [-0.4, -0.2) is 82.8 Å². The van der Waals surface area contributed by atoms with Crippen molar-refractivity contribution in [2.45, 2.75) is 17.5 Å². The fraction of sp³-hybridized carbons (Fsp3) is 0.321. The summed E-state index contributed by atoms with van der Waals surface area (Å²) >= 11 is -0.194. The van der Waals surface area contributed by atoms with Gasteiger partial charge in [0.2, 0.25) is 0 Å². The minimum absolute atomic E-state index is 0.0475. The summed E-state index contributed by atoms with van der Waals surface area (Å²) in [5.41, 5.74) is 1.11. The number of pyridine rings is 1. The number of halogens is 2. The van der Waals surface area contributed by atoms with Crippen LogP contribution in [0, 0.1) is 11.6 Å². The van der Waals surface area contributed by atoms with E-state index in [1.54, 1.807) is 15.6 Å². The van der Waals surface area contributed by atoms with Crippen LogP contribution in [0.25, 0.3) is 0 Å². The summed E-state index contributed by atoms with van der Waals surface area (Å²) in [4.78, 5) is 39.9. The van der Waals surface area contributed by atoms with Crippen LogP contribution in [0.3, 0.4) is 0 Å². The Balaban J connectivity index is 1.53. The van der Waals surface area contributed by atoms with Crippen molar-refractivity contribution in [1.29, 1.82) is 0 Å². The molecule has 1 aromatic heterocycles. The summed E-state index contributed by atoms with van der Waals surface area (Å²) < 4.78 is 53.5. The molecular weight excluding hydrogens is 607 g/mol. The van der Waals surface area contributed by atoms with Gasteiger partial charge in [-0.2, -0.15) is 0 Å². The predicted molar refractivity (Wildman–Crippen MR) is 142 cm³/mol. The fourth-order valence-corrected chi connectivity index (χ4v) is 7.73. The molecule has 2 atom stereocenters. The average Bonchev–Trinajstić information content (AvgIpc) is 3.15. The van der Waals surface area contributed by atoms with Crippen LogP contribution in [-0.2, 0) is 24.3 Å². The van der Waals surface area contributed by atoms with Crippen LogP contribution >= 0.6 is 0 Å². The van der Waals surface area contributed by atoms with E-state index in [0.29, 0.717) is 10.9 Å². The molecule has 3 aliphatic heterocycles. The molecule has 6 rings (SSSR count). The molecule has 0 N–H and O–H groups in total. The number of amides is 1. The summed E-state index contributed by atoms with van der Waals surface area (Å²) in [6.45, 7) is -0.212. The molecule has 0 spiro atoms.